The number of ether oxygens (including phenoxy) is 1. The number of rotatable bonds is 5. The van der Waals surface area contributed by atoms with Gasteiger partial charge in [-0.05, 0) is 26.9 Å². The Balaban J connectivity index is 2.01. The van der Waals surface area contributed by atoms with Crippen molar-refractivity contribution in [2.24, 2.45) is 0 Å². The maximum Gasteiger partial charge on any atom is 0.323 e. The standard InChI is InChI=1S/C11H20N6O/c1-16(2)7-8-18-11-14-9(12)13-10(15-11)17-5-3-4-6-17/h3-8H2,1-2H3,(H2,12,13,14,15). The third-order valence-corrected chi connectivity index (χ3v) is 2.78. The largest absolute Gasteiger partial charge is 0.462 e. The fourth-order valence-electron chi connectivity index (χ4n) is 1.80. The number of nitrogen functional groups attached to an aromatic ring is 1. The summed E-state index contributed by atoms with van der Waals surface area (Å²) < 4.78 is 5.49. The van der Waals surface area contributed by atoms with Gasteiger partial charge in [0.2, 0.25) is 11.9 Å². The van der Waals surface area contributed by atoms with Gasteiger partial charge in [-0.1, -0.05) is 0 Å². The van der Waals surface area contributed by atoms with Crippen LogP contribution >= 0.6 is 0 Å². The predicted molar refractivity (Wildman–Crippen MR) is 69.7 cm³/mol. The molecule has 1 aliphatic rings. The number of hydrogen-bond acceptors (Lipinski definition) is 7. The second kappa shape index (κ2) is 5.81. The molecule has 1 aliphatic heterocycles. The summed E-state index contributed by atoms with van der Waals surface area (Å²) in [5, 5.41) is 0. The van der Waals surface area contributed by atoms with Crippen LogP contribution in [0.4, 0.5) is 11.9 Å². The van der Waals surface area contributed by atoms with Crippen molar-refractivity contribution in [1.29, 1.82) is 0 Å². The number of anilines is 2. The highest BCUT2D eigenvalue weighted by molar-refractivity contribution is 5.36. The van der Waals surface area contributed by atoms with E-state index in [-0.39, 0.29) is 5.95 Å². The highest BCUT2D eigenvalue weighted by Crippen LogP contribution is 2.18. The Kier molecular flexibility index (Phi) is 4.14. The van der Waals surface area contributed by atoms with Gasteiger partial charge in [-0.15, -0.1) is 0 Å². The van der Waals surface area contributed by atoms with Gasteiger partial charge in [0, 0.05) is 19.6 Å². The first-order chi connectivity index (χ1) is 8.65. The quantitative estimate of drug-likeness (QED) is 0.789. The molecular weight excluding hydrogens is 232 g/mol. The first-order valence-corrected chi connectivity index (χ1v) is 6.19. The van der Waals surface area contributed by atoms with Crippen molar-refractivity contribution >= 4 is 11.9 Å². The van der Waals surface area contributed by atoms with Crippen LogP contribution in [-0.4, -0.2) is 60.2 Å². The normalized spacial score (nSPS) is 15.4. The van der Waals surface area contributed by atoms with Crippen LogP contribution in [0.2, 0.25) is 0 Å². The first-order valence-electron chi connectivity index (χ1n) is 6.19. The van der Waals surface area contributed by atoms with Crippen molar-refractivity contribution in [1.82, 2.24) is 19.9 Å². The van der Waals surface area contributed by atoms with Gasteiger partial charge in [0.15, 0.2) is 0 Å². The molecule has 1 fully saturated rings. The highest BCUT2D eigenvalue weighted by atomic mass is 16.5. The molecule has 0 amide bonds. The lowest BCUT2D eigenvalue weighted by molar-refractivity contribution is 0.245. The Bertz CT molecular complexity index is 391. The second-order valence-corrected chi connectivity index (χ2v) is 4.62. The minimum absolute atomic E-state index is 0.215. The van der Waals surface area contributed by atoms with Crippen LogP contribution in [0.3, 0.4) is 0 Å². The van der Waals surface area contributed by atoms with Crippen LogP contribution in [-0.2, 0) is 0 Å². The molecule has 2 rings (SSSR count). The molecule has 0 aromatic carbocycles. The van der Waals surface area contributed by atoms with Crippen LogP contribution in [0.25, 0.3) is 0 Å². The van der Waals surface area contributed by atoms with E-state index in [0.29, 0.717) is 18.6 Å². The molecule has 1 saturated heterocycles. The van der Waals surface area contributed by atoms with Crippen LogP contribution in [0.5, 0.6) is 6.01 Å². The summed E-state index contributed by atoms with van der Waals surface area (Å²) in [6.45, 7) is 3.29. The fourth-order valence-corrected chi connectivity index (χ4v) is 1.80. The van der Waals surface area contributed by atoms with E-state index in [4.69, 9.17) is 10.5 Å². The molecule has 100 valence electrons. The lowest BCUT2D eigenvalue weighted by atomic mass is 10.4. The number of aromatic nitrogens is 3. The van der Waals surface area contributed by atoms with Gasteiger partial charge in [-0.2, -0.15) is 15.0 Å². The SMILES string of the molecule is CN(C)CCOc1nc(N)nc(N2CCCC2)n1. The zero-order valence-corrected chi connectivity index (χ0v) is 11.0. The number of hydrogen-bond donors (Lipinski definition) is 1. The molecule has 0 unspecified atom stereocenters. The predicted octanol–water partition coefficient (Wildman–Crippen LogP) is -0.00560. The van der Waals surface area contributed by atoms with Gasteiger partial charge in [0.1, 0.15) is 6.61 Å². The maximum atomic E-state index is 5.68. The molecule has 0 aliphatic carbocycles. The Morgan fingerprint density at radius 1 is 1.22 bits per heavy atom. The molecule has 18 heavy (non-hydrogen) atoms. The second-order valence-electron chi connectivity index (χ2n) is 4.62. The number of nitrogens with two attached hydrogens (primary N) is 1. The summed E-state index contributed by atoms with van der Waals surface area (Å²) in [6.07, 6.45) is 2.34. The monoisotopic (exact) mass is 252 g/mol. The maximum absolute atomic E-state index is 5.68. The van der Waals surface area contributed by atoms with Crippen molar-refractivity contribution < 1.29 is 4.74 Å². The molecule has 7 heteroatoms. The average Bonchev–Trinajstić information content (AvgIpc) is 2.81. The van der Waals surface area contributed by atoms with Gasteiger partial charge in [0.05, 0.1) is 0 Å². The van der Waals surface area contributed by atoms with Gasteiger partial charge >= 0.3 is 6.01 Å². The van der Waals surface area contributed by atoms with Gasteiger partial charge in [0.25, 0.3) is 0 Å². The van der Waals surface area contributed by atoms with Gasteiger partial charge in [-0.25, -0.2) is 0 Å². The van der Waals surface area contributed by atoms with E-state index < -0.39 is 0 Å². The van der Waals surface area contributed by atoms with Crippen LogP contribution < -0.4 is 15.4 Å². The third kappa shape index (κ3) is 3.43. The van der Waals surface area contributed by atoms with Crippen molar-refractivity contribution in [3.8, 4) is 6.01 Å². The average molecular weight is 252 g/mol. The summed E-state index contributed by atoms with van der Waals surface area (Å²) in [5.74, 6) is 0.839. The van der Waals surface area contributed by atoms with E-state index in [1.54, 1.807) is 0 Å². The molecule has 0 saturated carbocycles. The fraction of sp³-hybridized carbons (Fsp3) is 0.727. The zero-order valence-electron chi connectivity index (χ0n) is 11.0. The summed E-state index contributed by atoms with van der Waals surface area (Å²) in [5.41, 5.74) is 5.68. The Hall–Kier alpha value is -1.63. The molecule has 1 aromatic heterocycles. The number of likely N-dealkylation sites (N-methyl/N-ethyl adjacent to an activating group) is 1. The molecule has 0 atom stereocenters. The van der Waals surface area contributed by atoms with Gasteiger partial charge < -0.3 is 20.3 Å². The van der Waals surface area contributed by atoms with E-state index >= 15 is 0 Å². The zero-order chi connectivity index (χ0) is 13.0. The molecule has 0 spiro atoms. The van der Waals surface area contributed by atoms with E-state index in [1.165, 1.54) is 12.8 Å². The lowest BCUT2D eigenvalue weighted by Gasteiger charge is -2.16. The molecule has 0 radical (unpaired) electrons. The molecule has 0 bridgehead atoms. The third-order valence-electron chi connectivity index (χ3n) is 2.78. The summed E-state index contributed by atoms with van der Waals surface area (Å²) in [4.78, 5) is 16.6. The molecule has 1 aromatic rings. The number of nitrogens with zero attached hydrogens (tertiary/aromatic N) is 5. The first kappa shape index (κ1) is 12.8. The topological polar surface area (TPSA) is 80.4 Å². The highest BCUT2D eigenvalue weighted by Gasteiger charge is 2.17. The van der Waals surface area contributed by atoms with Gasteiger partial charge in [-0.3, -0.25) is 0 Å². The molecule has 2 heterocycles. The van der Waals surface area contributed by atoms with Crippen molar-refractivity contribution in [2.45, 2.75) is 12.8 Å². The Morgan fingerprint density at radius 3 is 2.61 bits per heavy atom. The lowest BCUT2D eigenvalue weighted by Crippen LogP contribution is -2.23. The molecular formula is C11H20N6O. The van der Waals surface area contributed by atoms with Crippen LogP contribution in [0, 0.1) is 0 Å². The van der Waals surface area contributed by atoms with Crippen molar-refractivity contribution in [3.05, 3.63) is 0 Å². The molecule has 7 nitrogen and oxygen atoms in total. The van der Waals surface area contributed by atoms with E-state index in [1.807, 2.05) is 19.0 Å². The van der Waals surface area contributed by atoms with E-state index in [9.17, 15) is 0 Å². The minimum Gasteiger partial charge on any atom is -0.462 e. The van der Waals surface area contributed by atoms with Crippen LogP contribution in [0.1, 0.15) is 12.8 Å². The minimum atomic E-state index is 0.215. The van der Waals surface area contributed by atoms with E-state index in [2.05, 4.69) is 19.9 Å². The Morgan fingerprint density at radius 2 is 1.94 bits per heavy atom. The summed E-state index contributed by atoms with van der Waals surface area (Å²) >= 11 is 0. The van der Waals surface area contributed by atoms with E-state index in [0.717, 1.165) is 19.6 Å². The smallest absolute Gasteiger partial charge is 0.323 e. The molecule has 2 N–H and O–H groups in total. The van der Waals surface area contributed by atoms with Crippen LogP contribution in [0.15, 0.2) is 0 Å². The summed E-state index contributed by atoms with van der Waals surface area (Å²) in [7, 11) is 3.97. The van der Waals surface area contributed by atoms with Crippen molar-refractivity contribution in [2.75, 3.05) is 51.0 Å². The van der Waals surface area contributed by atoms with Crippen molar-refractivity contribution in [3.63, 3.8) is 0 Å². The Labute approximate surface area is 107 Å². The summed E-state index contributed by atoms with van der Waals surface area (Å²) in [6, 6.07) is 0.311.